The van der Waals surface area contributed by atoms with Crippen LogP contribution in [0.3, 0.4) is 0 Å². The smallest absolute Gasteiger partial charge is 0.192 e. The first-order valence-electron chi connectivity index (χ1n) is 3.67. The Morgan fingerprint density at radius 1 is 1.18 bits per heavy atom. The van der Waals surface area contributed by atoms with Gasteiger partial charge in [-0.2, -0.15) is 0 Å². The molecule has 0 saturated heterocycles. The Labute approximate surface area is 68.6 Å². The van der Waals surface area contributed by atoms with E-state index in [9.17, 15) is 4.57 Å². The summed E-state index contributed by atoms with van der Waals surface area (Å²) in [6.45, 7) is 4.29. The summed E-state index contributed by atoms with van der Waals surface area (Å²) in [6.07, 6.45) is 0. The first-order valence-corrected chi connectivity index (χ1v) is 4.48. The quantitative estimate of drug-likeness (QED) is 0.617. The van der Waals surface area contributed by atoms with Crippen molar-refractivity contribution in [2.45, 2.75) is 19.8 Å². The van der Waals surface area contributed by atoms with Gasteiger partial charge in [0.15, 0.2) is 8.46 Å². The summed E-state index contributed by atoms with van der Waals surface area (Å²) in [4.78, 5) is 0. The van der Waals surface area contributed by atoms with Gasteiger partial charge in [0.25, 0.3) is 0 Å². The molecule has 0 heterocycles. The fraction of sp³-hybridized carbons (Fsp3) is 0.333. The summed E-state index contributed by atoms with van der Waals surface area (Å²) < 4.78 is 10.4. The van der Waals surface area contributed by atoms with Crippen LogP contribution in [0.25, 0.3) is 0 Å². The average molecular weight is 166 g/mol. The van der Waals surface area contributed by atoms with Gasteiger partial charge < -0.3 is 0 Å². The molecule has 1 aromatic carbocycles. The van der Waals surface area contributed by atoms with Crippen molar-refractivity contribution < 1.29 is 4.57 Å². The maximum atomic E-state index is 10.4. The third kappa shape index (κ3) is 2.13. The van der Waals surface area contributed by atoms with E-state index in [1.165, 1.54) is 5.56 Å². The number of hydrogen-bond acceptors (Lipinski definition) is 1. The largest absolute Gasteiger partial charge is 0.269 e. The van der Waals surface area contributed by atoms with Crippen LogP contribution in [0, 0.1) is 0 Å². The van der Waals surface area contributed by atoms with Crippen LogP contribution in [0.2, 0.25) is 0 Å². The van der Waals surface area contributed by atoms with Gasteiger partial charge in [-0.3, -0.25) is 4.57 Å². The number of hydrogen-bond donors (Lipinski definition) is 0. The minimum Gasteiger partial charge on any atom is -0.269 e. The average Bonchev–Trinajstić information content (AvgIpc) is 2.05. The van der Waals surface area contributed by atoms with E-state index in [1.807, 2.05) is 24.3 Å². The van der Waals surface area contributed by atoms with Crippen molar-refractivity contribution in [3.8, 4) is 0 Å². The Hall–Kier alpha value is -0.680. The molecule has 1 rings (SSSR count). The summed E-state index contributed by atoms with van der Waals surface area (Å²) in [5.41, 5.74) is 1.29. The van der Waals surface area contributed by atoms with Crippen molar-refractivity contribution in [1.29, 1.82) is 0 Å². The highest BCUT2D eigenvalue weighted by molar-refractivity contribution is 7.34. The van der Waals surface area contributed by atoms with Crippen LogP contribution in [-0.4, -0.2) is 0 Å². The van der Waals surface area contributed by atoms with Crippen molar-refractivity contribution in [2.24, 2.45) is 0 Å². The lowest BCUT2D eigenvalue weighted by atomic mass is 10.0. The summed E-state index contributed by atoms with van der Waals surface area (Å²) in [5.74, 6) is 0.548. The topological polar surface area (TPSA) is 17.1 Å². The Kier molecular flexibility index (Phi) is 2.78. The zero-order chi connectivity index (χ0) is 8.27. The zero-order valence-corrected chi connectivity index (χ0v) is 7.64. The lowest BCUT2D eigenvalue weighted by Crippen LogP contribution is -1.93. The highest BCUT2D eigenvalue weighted by atomic mass is 31.1. The van der Waals surface area contributed by atoms with E-state index in [4.69, 9.17) is 0 Å². The molecule has 0 unspecified atom stereocenters. The maximum absolute atomic E-state index is 10.4. The minimum atomic E-state index is 0.105. The molecular formula is C9H11OP. The summed E-state index contributed by atoms with van der Waals surface area (Å²) in [7, 11) is 0.105. The Morgan fingerprint density at radius 2 is 1.73 bits per heavy atom. The molecule has 58 valence electrons. The second-order valence-corrected chi connectivity index (χ2v) is 3.54. The minimum absolute atomic E-state index is 0.105. The lowest BCUT2D eigenvalue weighted by Gasteiger charge is -2.03. The molecular weight excluding hydrogens is 155 g/mol. The molecule has 0 aromatic heterocycles. The van der Waals surface area contributed by atoms with Crippen LogP contribution in [0.15, 0.2) is 24.3 Å². The maximum Gasteiger partial charge on any atom is 0.192 e. The molecule has 0 aliphatic rings. The molecule has 0 radical (unpaired) electrons. The van der Waals surface area contributed by atoms with Gasteiger partial charge in [0.1, 0.15) is 0 Å². The molecule has 0 atom stereocenters. The number of benzene rings is 1. The van der Waals surface area contributed by atoms with Crippen LogP contribution in [0.4, 0.5) is 0 Å². The predicted octanol–water partition coefficient (Wildman–Crippen LogP) is 2.73. The SMILES string of the molecule is CC(C)c1ccc(P=O)cc1. The second-order valence-electron chi connectivity index (χ2n) is 2.84. The van der Waals surface area contributed by atoms with Gasteiger partial charge >= 0.3 is 0 Å². The Morgan fingerprint density at radius 3 is 2.09 bits per heavy atom. The predicted molar refractivity (Wildman–Crippen MR) is 47.8 cm³/mol. The monoisotopic (exact) mass is 166 g/mol. The third-order valence-corrected chi connectivity index (χ3v) is 2.17. The van der Waals surface area contributed by atoms with Crippen LogP contribution in [0.5, 0.6) is 0 Å². The molecule has 1 aromatic rings. The van der Waals surface area contributed by atoms with Crippen LogP contribution >= 0.6 is 8.46 Å². The molecule has 2 heteroatoms. The summed E-state index contributed by atoms with van der Waals surface area (Å²) in [5, 5.41) is 0.842. The van der Waals surface area contributed by atoms with E-state index in [2.05, 4.69) is 13.8 Å². The van der Waals surface area contributed by atoms with Gasteiger partial charge in [-0.15, -0.1) is 0 Å². The number of rotatable bonds is 2. The second kappa shape index (κ2) is 3.64. The highest BCUT2D eigenvalue weighted by Crippen LogP contribution is 2.12. The Bertz CT molecular complexity index is 238. The molecule has 11 heavy (non-hydrogen) atoms. The van der Waals surface area contributed by atoms with E-state index in [0.717, 1.165) is 5.30 Å². The molecule has 0 amide bonds. The molecule has 0 aliphatic heterocycles. The van der Waals surface area contributed by atoms with Gasteiger partial charge in [0, 0.05) is 5.30 Å². The molecule has 0 bridgehead atoms. The van der Waals surface area contributed by atoms with Crippen molar-refractivity contribution in [2.75, 3.05) is 0 Å². The summed E-state index contributed by atoms with van der Waals surface area (Å²) in [6, 6.07) is 7.82. The van der Waals surface area contributed by atoms with Gasteiger partial charge in [0.05, 0.1) is 0 Å². The van der Waals surface area contributed by atoms with Gasteiger partial charge in [-0.05, 0) is 23.6 Å². The molecule has 1 nitrogen and oxygen atoms in total. The van der Waals surface area contributed by atoms with E-state index < -0.39 is 0 Å². The van der Waals surface area contributed by atoms with E-state index >= 15 is 0 Å². The standard InChI is InChI=1S/C9H11OP/c1-7(2)8-3-5-9(11-10)6-4-8/h3-7H,1-2H3. The van der Waals surface area contributed by atoms with Crippen LogP contribution in [-0.2, 0) is 4.57 Å². The van der Waals surface area contributed by atoms with Crippen molar-refractivity contribution >= 4 is 13.8 Å². The highest BCUT2D eigenvalue weighted by Gasteiger charge is 1.97. The lowest BCUT2D eigenvalue weighted by molar-refractivity contribution is 0.603. The molecule has 0 spiro atoms. The molecule has 0 N–H and O–H groups in total. The fourth-order valence-electron chi connectivity index (χ4n) is 0.920. The molecule has 0 saturated carbocycles. The van der Waals surface area contributed by atoms with Gasteiger partial charge in [0.2, 0.25) is 0 Å². The van der Waals surface area contributed by atoms with E-state index in [1.54, 1.807) is 0 Å². The molecule has 0 aliphatic carbocycles. The first-order chi connectivity index (χ1) is 5.24. The third-order valence-electron chi connectivity index (χ3n) is 1.67. The summed E-state index contributed by atoms with van der Waals surface area (Å²) >= 11 is 0. The van der Waals surface area contributed by atoms with Gasteiger partial charge in [-0.1, -0.05) is 26.0 Å². The first kappa shape index (κ1) is 8.42. The van der Waals surface area contributed by atoms with Crippen LogP contribution in [0.1, 0.15) is 25.3 Å². The van der Waals surface area contributed by atoms with Crippen molar-refractivity contribution in [3.05, 3.63) is 29.8 Å². The normalized spacial score (nSPS) is 10.8. The van der Waals surface area contributed by atoms with Gasteiger partial charge in [-0.25, -0.2) is 0 Å². The van der Waals surface area contributed by atoms with Crippen LogP contribution < -0.4 is 5.30 Å². The molecule has 0 fully saturated rings. The van der Waals surface area contributed by atoms with E-state index in [0.29, 0.717) is 5.92 Å². The zero-order valence-electron chi connectivity index (χ0n) is 6.74. The van der Waals surface area contributed by atoms with Crippen molar-refractivity contribution in [1.82, 2.24) is 0 Å². The Balaban J connectivity index is 2.91. The fourth-order valence-corrected chi connectivity index (χ4v) is 1.19. The van der Waals surface area contributed by atoms with Crippen molar-refractivity contribution in [3.63, 3.8) is 0 Å². The van der Waals surface area contributed by atoms with E-state index in [-0.39, 0.29) is 8.46 Å².